The fourth-order valence-corrected chi connectivity index (χ4v) is 2.84. The number of benzene rings is 3. The largest absolute Gasteiger partial charge is 0.490 e. The Hall–Kier alpha value is -4.32. The summed E-state index contributed by atoms with van der Waals surface area (Å²) in [4.78, 5) is 23.1. The SMILES string of the molecule is C=C(C)C(=O)OCCOc1ccc(-c2ccc(OCOC(=O)/C=C/c3ccccc3)cc2)cc1. The van der Waals surface area contributed by atoms with Gasteiger partial charge < -0.3 is 18.9 Å². The van der Waals surface area contributed by atoms with E-state index >= 15 is 0 Å². The molecule has 0 atom stereocenters. The fraction of sp³-hybridized carbons (Fsp3) is 0.143. The van der Waals surface area contributed by atoms with E-state index in [2.05, 4.69) is 6.58 Å². The van der Waals surface area contributed by atoms with Crippen LogP contribution in [0.5, 0.6) is 11.5 Å². The van der Waals surface area contributed by atoms with E-state index in [1.165, 1.54) is 6.08 Å². The van der Waals surface area contributed by atoms with Crippen molar-refractivity contribution < 1.29 is 28.5 Å². The Morgan fingerprint density at radius 3 is 1.94 bits per heavy atom. The van der Waals surface area contributed by atoms with Crippen molar-refractivity contribution in [3.8, 4) is 22.6 Å². The molecule has 0 aliphatic rings. The van der Waals surface area contributed by atoms with E-state index in [4.69, 9.17) is 18.9 Å². The molecule has 0 bridgehead atoms. The summed E-state index contributed by atoms with van der Waals surface area (Å²) < 4.78 is 21.1. The summed E-state index contributed by atoms with van der Waals surface area (Å²) in [6.07, 6.45) is 3.05. The van der Waals surface area contributed by atoms with Crippen LogP contribution in [0.3, 0.4) is 0 Å². The summed E-state index contributed by atoms with van der Waals surface area (Å²) in [5.74, 6) is 0.368. The number of hydrogen-bond acceptors (Lipinski definition) is 6. The van der Waals surface area contributed by atoms with Crippen molar-refractivity contribution in [3.63, 3.8) is 0 Å². The van der Waals surface area contributed by atoms with Gasteiger partial charge in [-0.2, -0.15) is 0 Å². The van der Waals surface area contributed by atoms with Crippen LogP contribution < -0.4 is 9.47 Å². The molecule has 0 aromatic heterocycles. The van der Waals surface area contributed by atoms with E-state index in [1.54, 1.807) is 13.0 Å². The highest BCUT2D eigenvalue weighted by molar-refractivity contribution is 5.87. The van der Waals surface area contributed by atoms with Crippen LogP contribution in [0.15, 0.2) is 97.1 Å². The molecule has 0 spiro atoms. The molecule has 0 aliphatic carbocycles. The maximum Gasteiger partial charge on any atom is 0.333 e. The first-order chi connectivity index (χ1) is 16.5. The molecule has 0 unspecified atom stereocenters. The minimum absolute atomic E-state index is 0.160. The normalized spacial score (nSPS) is 10.5. The van der Waals surface area contributed by atoms with Gasteiger partial charge in [0.05, 0.1) is 0 Å². The molecular weight excluding hydrogens is 432 g/mol. The lowest BCUT2D eigenvalue weighted by atomic mass is 10.1. The Morgan fingerprint density at radius 2 is 1.35 bits per heavy atom. The van der Waals surface area contributed by atoms with Gasteiger partial charge in [-0.15, -0.1) is 0 Å². The second kappa shape index (κ2) is 12.6. The molecule has 0 saturated carbocycles. The molecule has 0 N–H and O–H groups in total. The first-order valence-corrected chi connectivity index (χ1v) is 10.7. The topological polar surface area (TPSA) is 71.1 Å². The molecule has 0 radical (unpaired) electrons. The van der Waals surface area contributed by atoms with Gasteiger partial charge in [0.15, 0.2) is 0 Å². The smallest absolute Gasteiger partial charge is 0.333 e. The van der Waals surface area contributed by atoms with E-state index in [-0.39, 0.29) is 20.0 Å². The number of esters is 2. The highest BCUT2D eigenvalue weighted by atomic mass is 16.7. The maximum atomic E-state index is 11.8. The van der Waals surface area contributed by atoms with Gasteiger partial charge >= 0.3 is 11.9 Å². The standard InChI is InChI=1S/C28H26O6/c1-21(2)28(30)32-19-18-31-25-13-9-23(10-14-25)24-11-15-26(16-12-24)33-20-34-27(29)17-8-22-6-4-3-5-7-22/h3-17H,1,18-20H2,2H3/b17-8+. The summed E-state index contributed by atoms with van der Waals surface area (Å²) in [5, 5.41) is 0. The van der Waals surface area contributed by atoms with Crippen molar-refractivity contribution in [1.82, 2.24) is 0 Å². The summed E-state index contributed by atoms with van der Waals surface area (Å²) in [7, 11) is 0. The average molecular weight is 459 g/mol. The molecule has 3 aromatic carbocycles. The van der Waals surface area contributed by atoms with E-state index in [0.717, 1.165) is 16.7 Å². The van der Waals surface area contributed by atoms with Crippen molar-refractivity contribution in [2.45, 2.75) is 6.92 Å². The van der Waals surface area contributed by atoms with Crippen molar-refractivity contribution >= 4 is 18.0 Å². The Labute approximate surface area is 199 Å². The van der Waals surface area contributed by atoms with E-state index in [0.29, 0.717) is 17.1 Å². The van der Waals surface area contributed by atoms with Gasteiger partial charge in [0.1, 0.15) is 24.7 Å². The lowest BCUT2D eigenvalue weighted by molar-refractivity contribution is -0.144. The summed E-state index contributed by atoms with van der Waals surface area (Å²) >= 11 is 0. The lowest BCUT2D eigenvalue weighted by Gasteiger charge is -2.09. The molecule has 3 aromatic rings. The molecule has 0 amide bonds. The Kier molecular flexibility index (Phi) is 9.05. The zero-order chi connectivity index (χ0) is 24.2. The van der Waals surface area contributed by atoms with Crippen LogP contribution in [0.1, 0.15) is 12.5 Å². The second-order valence-electron chi connectivity index (χ2n) is 7.28. The quantitative estimate of drug-likeness (QED) is 0.165. The Balaban J connectivity index is 1.41. The number of carbonyl (C=O) groups excluding carboxylic acids is 2. The second-order valence-corrected chi connectivity index (χ2v) is 7.28. The van der Waals surface area contributed by atoms with Gasteiger partial charge in [-0.1, -0.05) is 61.2 Å². The third kappa shape index (κ3) is 7.98. The first kappa shape index (κ1) is 24.3. The number of hydrogen-bond donors (Lipinski definition) is 0. The molecule has 34 heavy (non-hydrogen) atoms. The van der Waals surface area contributed by atoms with Gasteiger partial charge in [0.25, 0.3) is 0 Å². The third-order valence-corrected chi connectivity index (χ3v) is 4.61. The molecule has 3 rings (SSSR count). The van der Waals surface area contributed by atoms with Crippen LogP contribution in [0.2, 0.25) is 0 Å². The summed E-state index contributed by atoms with van der Waals surface area (Å²) in [5.41, 5.74) is 3.28. The van der Waals surface area contributed by atoms with Crippen LogP contribution in [-0.4, -0.2) is 31.9 Å². The van der Waals surface area contributed by atoms with Gasteiger partial charge in [-0.25, -0.2) is 9.59 Å². The van der Waals surface area contributed by atoms with E-state index in [9.17, 15) is 9.59 Å². The van der Waals surface area contributed by atoms with Crippen LogP contribution >= 0.6 is 0 Å². The Bertz CT molecular complexity index is 1120. The highest BCUT2D eigenvalue weighted by Gasteiger charge is 2.04. The predicted octanol–water partition coefficient (Wildman–Crippen LogP) is 5.44. The number of rotatable bonds is 11. The molecular formula is C28H26O6. The zero-order valence-corrected chi connectivity index (χ0v) is 18.9. The Morgan fingerprint density at radius 1 is 0.765 bits per heavy atom. The average Bonchev–Trinajstić information content (AvgIpc) is 2.86. The third-order valence-electron chi connectivity index (χ3n) is 4.61. The minimum atomic E-state index is -0.475. The van der Waals surface area contributed by atoms with Crippen molar-refractivity contribution in [1.29, 1.82) is 0 Å². The maximum absolute atomic E-state index is 11.8. The molecule has 0 heterocycles. The lowest BCUT2D eigenvalue weighted by Crippen LogP contribution is -2.12. The van der Waals surface area contributed by atoms with E-state index in [1.807, 2.05) is 78.9 Å². The van der Waals surface area contributed by atoms with Gasteiger partial charge in [-0.05, 0) is 54.0 Å². The van der Waals surface area contributed by atoms with Crippen LogP contribution in [0, 0.1) is 0 Å². The molecule has 174 valence electrons. The van der Waals surface area contributed by atoms with Gasteiger partial charge in [-0.3, -0.25) is 0 Å². The number of ether oxygens (including phenoxy) is 4. The summed E-state index contributed by atoms with van der Waals surface area (Å²) in [6.45, 7) is 5.37. The minimum Gasteiger partial charge on any atom is -0.490 e. The van der Waals surface area contributed by atoms with Gasteiger partial charge in [0.2, 0.25) is 6.79 Å². The van der Waals surface area contributed by atoms with Crippen molar-refractivity contribution in [2.24, 2.45) is 0 Å². The van der Waals surface area contributed by atoms with Crippen molar-refractivity contribution in [2.75, 3.05) is 20.0 Å². The zero-order valence-electron chi connectivity index (χ0n) is 18.9. The van der Waals surface area contributed by atoms with Gasteiger partial charge in [0, 0.05) is 11.6 Å². The monoisotopic (exact) mass is 458 g/mol. The van der Waals surface area contributed by atoms with Crippen LogP contribution in [-0.2, 0) is 19.1 Å². The molecule has 6 nitrogen and oxygen atoms in total. The predicted molar refractivity (Wildman–Crippen MR) is 130 cm³/mol. The first-order valence-electron chi connectivity index (χ1n) is 10.7. The van der Waals surface area contributed by atoms with Crippen LogP contribution in [0.4, 0.5) is 0 Å². The fourth-order valence-electron chi connectivity index (χ4n) is 2.84. The number of carbonyl (C=O) groups is 2. The molecule has 6 heteroatoms. The summed E-state index contributed by atoms with van der Waals surface area (Å²) in [6, 6.07) is 24.5. The van der Waals surface area contributed by atoms with E-state index < -0.39 is 11.9 Å². The molecule has 0 fully saturated rings. The van der Waals surface area contributed by atoms with Crippen molar-refractivity contribution in [3.05, 3.63) is 103 Å². The van der Waals surface area contributed by atoms with Crippen LogP contribution in [0.25, 0.3) is 17.2 Å². The highest BCUT2D eigenvalue weighted by Crippen LogP contribution is 2.24. The molecule has 0 aliphatic heterocycles. The molecule has 0 saturated heterocycles.